The van der Waals surface area contributed by atoms with Crippen LogP contribution in [0.2, 0.25) is 0 Å². The summed E-state index contributed by atoms with van der Waals surface area (Å²) in [6.07, 6.45) is -0.382. The number of phenolic OH excluding ortho intramolecular Hbond substituents is 2. The fourth-order valence-corrected chi connectivity index (χ4v) is 3.31. The van der Waals surface area contributed by atoms with Gasteiger partial charge in [0.15, 0.2) is 5.03 Å². The first kappa shape index (κ1) is 21.8. The zero-order valence-corrected chi connectivity index (χ0v) is 16.5. The van der Waals surface area contributed by atoms with E-state index in [1.165, 1.54) is 0 Å². The normalized spacial score (nSPS) is 22.1. The van der Waals surface area contributed by atoms with Crippen molar-refractivity contribution >= 4 is 0 Å². The first-order valence-electron chi connectivity index (χ1n) is 9.62. The van der Waals surface area contributed by atoms with Crippen LogP contribution in [-0.2, 0) is 9.47 Å². The molecule has 2 atom stereocenters. The van der Waals surface area contributed by atoms with E-state index in [2.05, 4.69) is 0 Å². The van der Waals surface area contributed by atoms with Crippen LogP contribution >= 0.6 is 0 Å². The Morgan fingerprint density at radius 1 is 0.933 bits per heavy atom. The van der Waals surface area contributed by atoms with Crippen molar-refractivity contribution in [2.75, 3.05) is 39.4 Å². The smallest absolute Gasteiger partial charge is 0.160 e. The van der Waals surface area contributed by atoms with Crippen LogP contribution < -0.4 is 5.84 Å². The molecule has 4 rings (SSSR count). The fourth-order valence-electron chi connectivity index (χ4n) is 3.31. The summed E-state index contributed by atoms with van der Waals surface area (Å²) in [5.41, 5.74) is 1.73. The molecule has 10 heteroatoms. The number of aromatic hydroxyl groups is 2. The number of hydrazine groups is 2. The van der Waals surface area contributed by atoms with Crippen LogP contribution in [0.15, 0.2) is 48.5 Å². The number of phenols is 2. The van der Waals surface area contributed by atoms with Gasteiger partial charge in [-0.15, -0.1) is 5.01 Å². The molecule has 0 amide bonds. The Labute approximate surface area is 174 Å². The Morgan fingerprint density at radius 3 is 1.97 bits per heavy atom. The maximum atomic E-state index is 10.6. The van der Waals surface area contributed by atoms with Crippen LogP contribution in [0.5, 0.6) is 11.5 Å². The van der Waals surface area contributed by atoms with Gasteiger partial charge in [-0.25, -0.2) is 15.1 Å². The Balaban J connectivity index is 0.000000172. The highest BCUT2D eigenvalue weighted by molar-refractivity contribution is 5.29. The highest BCUT2D eigenvalue weighted by Crippen LogP contribution is 2.25. The summed E-state index contributed by atoms with van der Waals surface area (Å²) in [5, 5.41) is 31.7. The molecule has 2 aliphatic heterocycles. The summed E-state index contributed by atoms with van der Waals surface area (Å²) < 4.78 is 11.0. The molecule has 2 fully saturated rings. The molecule has 0 bridgehead atoms. The van der Waals surface area contributed by atoms with Gasteiger partial charge in [0, 0.05) is 13.1 Å². The number of hydrogen-bond acceptors (Lipinski definition) is 8. The maximum Gasteiger partial charge on any atom is 0.160 e. The molecular weight excluding hydrogens is 392 g/mol. The van der Waals surface area contributed by atoms with Crippen LogP contribution in [0.25, 0.3) is 0 Å². The van der Waals surface area contributed by atoms with Crippen molar-refractivity contribution in [3.05, 3.63) is 69.8 Å². The van der Waals surface area contributed by atoms with E-state index < -0.39 is 5.03 Å². The van der Waals surface area contributed by atoms with Crippen molar-refractivity contribution in [3.63, 3.8) is 0 Å². The third-order valence-electron chi connectivity index (χ3n) is 4.86. The van der Waals surface area contributed by atoms with Gasteiger partial charge < -0.3 is 19.7 Å². The van der Waals surface area contributed by atoms with Crippen molar-refractivity contribution in [1.82, 2.24) is 10.0 Å². The van der Waals surface area contributed by atoms with Gasteiger partial charge in [-0.1, -0.05) is 24.3 Å². The second kappa shape index (κ2) is 10.2. The van der Waals surface area contributed by atoms with Crippen LogP contribution in [0.3, 0.4) is 0 Å². The Morgan fingerprint density at radius 2 is 1.47 bits per heavy atom. The van der Waals surface area contributed by atoms with E-state index in [1.807, 2.05) is 12.1 Å². The van der Waals surface area contributed by atoms with E-state index in [-0.39, 0.29) is 30.3 Å². The molecule has 30 heavy (non-hydrogen) atoms. The standard InChI is InChI=1S/C10H12N2O4.C10H14N2O2/c13-9-3-1-2-8(6-9)10-7-11(12(14)15)4-5-16-10;11-12-4-5-14-10(7-12)8-2-1-3-9(13)6-8/h1-3,6,10,13H,4-5,7H2;1-3,6,10,13H,4-5,7,11H2. The molecule has 2 unspecified atom stereocenters. The first-order valence-corrected chi connectivity index (χ1v) is 9.62. The van der Waals surface area contributed by atoms with Gasteiger partial charge in [-0.05, 0) is 35.4 Å². The molecule has 0 aliphatic carbocycles. The lowest BCUT2D eigenvalue weighted by atomic mass is 10.1. The monoisotopic (exact) mass is 418 g/mol. The second-order valence-electron chi connectivity index (χ2n) is 7.05. The Kier molecular flexibility index (Phi) is 7.41. The van der Waals surface area contributed by atoms with Gasteiger partial charge >= 0.3 is 0 Å². The molecule has 162 valence electrons. The third kappa shape index (κ3) is 6.04. The lowest BCUT2D eigenvalue weighted by molar-refractivity contribution is -0.661. The van der Waals surface area contributed by atoms with E-state index in [0.717, 1.165) is 22.7 Å². The molecular formula is C20H26N4O6. The molecule has 2 aromatic rings. The Bertz CT molecular complexity index is 852. The van der Waals surface area contributed by atoms with E-state index in [4.69, 9.17) is 15.3 Å². The van der Waals surface area contributed by atoms with Crippen molar-refractivity contribution in [1.29, 1.82) is 0 Å². The molecule has 0 saturated carbocycles. The minimum atomic E-state index is -0.418. The summed E-state index contributed by atoms with van der Waals surface area (Å²) in [4.78, 5) is 10.6. The zero-order chi connectivity index (χ0) is 21.5. The van der Waals surface area contributed by atoms with E-state index >= 15 is 0 Å². The van der Waals surface area contributed by atoms with Gasteiger partial charge in [0.25, 0.3) is 0 Å². The molecule has 0 radical (unpaired) electrons. The summed E-state index contributed by atoms with van der Waals surface area (Å²) >= 11 is 0. The predicted molar refractivity (Wildman–Crippen MR) is 108 cm³/mol. The average molecular weight is 418 g/mol. The van der Waals surface area contributed by atoms with Gasteiger partial charge in [-0.3, -0.25) is 5.84 Å². The van der Waals surface area contributed by atoms with Crippen LogP contribution in [0.4, 0.5) is 0 Å². The van der Waals surface area contributed by atoms with Crippen molar-refractivity contribution < 1.29 is 24.7 Å². The van der Waals surface area contributed by atoms with Crippen molar-refractivity contribution in [2.45, 2.75) is 12.2 Å². The summed E-state index contributed by atoms with van der Waals surface area (Å²) in [6, 6.07) is 13.7. The molecule has 2 heterocycles. The maximum absolute atomic E-state index is 10.6. The van der Waals surface area contributed by atoms with Crippen LogP contribution in [-0.4, -0.2) is 64.7 Å². The number of nitrogens with two attached hydrogens (primary N) is 1. The minimum Gasteiger partial charge on any atom is -0.508 e. The van der Waals surface area contributed by atoms with Crippen molar-refractivity contribution in [3.8, 4) is 11.5 Å². The molecule has 2 aromatic carbocycles. The molecule has 2 aliphatic rings. The SMILES string of the molecule is NN1CCOC(c2cccc(O)c2)C1.O=[N+]([O-])N1CCOC(c2cccc(O)c2)C1. The van der Waals surface area contributed by atoms with E-state index in [0.29, 0.717) is 26.3 Å². The number of hydrogen-bond donors (Lipinski definition) is 3. The fraction of sp³-hybridized carbons (Fsp3) is 0.400. The number of rotatable bonds is 3. The van der Waals surface area contributed by atoms with E-state index in [1.54, 1.807) is 41.4 Å². The highest BCUT2D eigenvalue weighted by Gasteiger charge is 2.27. The third-order valence-corrected chi connectivity index (χ3v) is 4.86. The predicted octanol–water partition coefficient (Wildman–Crippen LogP) is 1.60. The quantitative estimate of drug-likeness (QED) is 0.386. The summed E-state index contributed by atoms with van der Waals surface area (Å²) in [6.45, 7) is 2.88. The summed E-state index contributed by atoms with van der Waals surface area (Å²) in [5.74, 6) is 6.09. The van der Waals surface area contributed by atoms with Crippen LogP contribution in [0.1, 0.15) is 23.3 Å². The number of benzene rings is 2. The number of ether oxygens (including phenoxy) is 2. The Hall–Kier alpha value is -2.92. The summed E-state index contributed by atoms with van der Waals surface area (Å²) in [7, 11) is 0. The molecule has 0 aromatic heterocycles. The van der Waals surface area contributed by atoms with Gasteiger partial charge in [0.1, 0.15) is 30.7 Å². The lowest BCUT2D eigenvalue weighted by Crippen LogP contribution is -2.42. The van der Waals surface area contributed by atoms with Crippen molar-refractivity contribution in [2.24, 2.45) is 5.84 Å². The second-order valence-corrected chi connectivity index (χ2v) is 7.05. The van der Waals surface area contributed by atoms with Crippen LogP contribution in [0, 0.1) is 10.1 Å². The topological polar surface area (TPSA) is 135 Å². The largest absolute Gasteiger partial charge is 0.508 e. The van der Waals surface area contributed by atoms with Gasteiger partial charge in [-0.2, -0.15) is 0 Å². The average Bonchev–Trinajstić information content (AvgIpc) is 2.74. The molecule has 10 nitrogen and oxygen atoms in total. The van der Waals surface area contributed by atoms with E-state index in [9.17, 15) is 20.3 Å². The highest BCUT2D eigenvalue weighted by atomic mass is 16.7. The van der Waals surface area contributed by atoms with Gasteiger partial charge in [0.2, 0.25) is 0 Å². The first-order chi connectivity index (χ1) is 14.4. The zero-order valence-electron chi connectivity index (χ0n) is 16.5. The molecule has 2 saturated heterocycles. The minimum absolute atomic E-state index is 0.0270. The number of nitro groups is 1. The molecule has 4 N–H and O–H groups in total. The molecule has 0 spiro atoms. The lowest BCUT2D eigenvalue weighted by Gasteiger charge is -2.29. The number of nitrogens with zero attached hydrogens (tertiary/aromatic N) is 3. The number of morpholine rings is 2. The van der Waals surface area contributed by atoms with Gasteiger partial charge in [0.05, 0.1) is 19.3 Å².